The zero-order valence-corrected chi connectivity index (χ0v) is 11.8. The second kappa shape index (κ2) is 6.18. The first-order valence-corrected chi connectivity index (χ1v) is 6.55. The van der Waals surface area contributed by atoms with E-state index in [1.54, 1.807) is 14.0 Å². The molecule has 5 nitrogen and oxygen atoms in total. The maximum absolute atomic E-state index is 11.8. The summed E-state index contributed by atoms with van der Waals surface area (Å²) >= 11 is 0. The van der Waals surface area contributed by atoms with Crippen LogP contribution in [-0.4, -0.2) is 49.6 Å². The predicted molar refractivity (Wildman–Crippen MR) is 69.1 cm³/mol. The van der Waals surface area contributed by atoms with Gasteiger partial charge in [0.2, 0.25) is 5.91 Å². The van der Waals surface area contributed by atoms with Gasteiger partial charge in [0.05, 0.1) is 18.4 Å². The Balaban J connectivity index is 2.50. The van der Waals surface area contributed by atoms with Gasteiger partial charge in [0.15, 0.2) is 0 Å². The van der Waals surface area contributed by atoms with Gasteiger partial charge in [-0.15, -0.1) is 0 Å². The van der Waals surface area contributed by atoms with E-state index in [2.05, 4.69) is 10.2 Å². The number of ether oxygens (including phenoxy) is 1. The molecule has 1 heterocycles. The summed E-state index contributed by atoms with van der Waals surface area (Å²) < 4.78 is 4.95. The third kappa shape index (κ3) is 3.45. The van der Waals surface area contributed by atoms with Crippen LogP contribution in [0.4, 0.5) is 0 Å². The van der Waals surface area contributed by atoms with E-state index >= 15 is 0 Å². The van der Waals surface area contributed by atoms with Crippen molar-refractivity contribution in [1.82, 2.24) is 10.2 Å². The smallest absolute Gasteiger partial charge is 0.307 e. The summed E-state index contributed by atoms with van der Waals surface area (Å²) in [6.07, 6.45) is 1.22. The van der Waals surface area contributed by atoms with Crippen LogP contribution in [0.1, 0.15) is 33.6 Å². The topological polar surface area (TPSA) is 58.6 Å². The number of likely N-dealkylation sites (tertiary alicyclic amines) is 1. The van der Waals surface area contributed by atoms with E-state index in [0.29, 0.717) is 19.6 Å². The van der Waals surface area contributed by atoms with Gasteiger partial charge < -0.3 is 10.1 Å². The van der Waals surface area contributed by atoms with Crippen molar-refractivity contribution < 1.29 is 14.3 Å². The van der Waals surface area contributed by atoms with Crippen LogP contribution in [0.15, 0.2) is 0 Å². The van der Waals surface area contributed by atoms with Crippen LogP contribution < -0.4 is 5.32 Å². The molecule has 5 heteroatoms. The van der Waals surface area contributed by atoms with Crippen LogP contribution in [0.3, 0.4) is 0 Å². The summed E-state index contributed by atoms with van der Waals surface area (Å²) in [5.41, 5.74) is -0.336. The minimum atomic E-state index is -0.336. The van der Waals surface area contributed by atoms with Crippen LogP contribution in [-0.2, 0) is 14.3 Å². The molecule has 1 aliphatic rings. The summed E-state index contributed by atoms with van der Waals surface area (Å²) in [6.45, 7) is 7.76. The normalized spacial score (nSPS) is 25.8. The van der Waals surface area contributed by atoms with Crippen molar-refractivity contribution >= 4 is 11.9 Å². The molecule has 1 rings (SSSR count). The van der Waals surface area contributed by atoms with E-state index in [1.807, 2.05) is 13.8 Å². The molecule has 0 saturated carbocycles. The van der Waals surface area contributed by atoms with Crippen LogP contribution in [0.25, 0.3) is 0 Å². The van der Waals surface area contributed by atoms with Crippen molar-refractivity contribution in [2.24, 2.45) is 5.41 Å². The highest BCUT2D eigenvalue weighted by molar-refractivity contribution is 5.82. The maximum Gasteiger partial charge on any atom is 0.307 e. The number of nitrogens with zero attached hydrogens (tertiary/aromatic N) is 1. The standard InChI is InChI=1S/C13H24N2O3/c1-5-18-11(16)8-10(2)15-7-6-13(3,9-15)12(17)14-4/h10H,5-9H2,1-4H3,(H,14,17). The second-order valence-electron chi connectivity index (χ2n) is 5.22. The Kier molecular flexibility index (Phi) is 5.14. The highest BCUT2D eigenvalue weighted by Gasteiger charge is 2.41. The molecule has 0 aliphatic carbocycles. The molecule has 2 atom stereocenters. The van der Waals surface area contributed by atoms with Gasteiger partial charge in [-0.2, -0.15) is 0 Å². The third-order valence-electron chi connectivity index (χ3n) is 3.67. The fourth-order valence-electron chi connectivity index (χ4n) is 2.45. The van der Waals surface area contributed by atoms with E-state index in [1.165, 1.54) is 0 Å². The molecule has 0 aromatic carbocycles. The maximum atomic E-state index is 11.8. The van der Waals surface area contributed by atoms with Gasteiger partial charge in [0.1, 0.15) is 0 Å². The minimum absolute atomic E-state index is 0.0772. The Morgan fingerprint density at radius 1 is 1.50 bits per heavy atom. The zero-order chi connectivity index (χ0) is 13.8. The SMILES string of the molecule is CCOC(=O)CC(C)N1CCC(C)(C(=O)NC)C1. The van der Waals surface area contributed by atoms with Crippen LogP contribution in [0.2, 0.25) is 0 Å². The fourth-order valence-corrected chi connectivity index (χ4v) is 2.45. The molecule has 104 valence electrons. The molecule has 1 aliphatic heterocycles. The summed E-state index contributed by atoms with van der Waals surface area (Å²) in [7, 11) is 1.66. The van der Waals surface area contributed by atoms with Crippen LogP contribution >= 0.6 is 0 Å². The number of esters is 1. The van der Waals surface area contributed by atoms with Gasteiger partial charge in [-0.1, -0.05) is 0 Å². The van der Waals surface area contributed by atoms with E-state index < -0.39 is 0 Å². The summed E-state index contributed by atoms with van der Waals surface area (Å²) in [5.74, 6) is -0.0909. The average Bonchev–Trinajstić information content (AvgIpc) is 2.72. The first kappa shape index (κ1) is 15.0. The van der Waals surface area contributed by atoms with Crippen molar-refractivity contribution in [2.75, 3.05) is 26.7 Å². The Labute approximate surface area is 109 Å². The van der Waals surface area contributed by atoms with E-state index in [4.69, 9.17) is 4.74 Å². The Morgan fingerprint density at radius 3 is 2.72 bits per heavy atom. The Bertz CT molecular complexity index is 319. The van der Waals surface area contributed by atoms with E-state index in [0.717, 1.165) is 13.0 Å². The molecular weight excluding hydrogens is 232 g/mol. The van der Waals surface area contributed by atoms with Crippen molar-refractivity contribution in [3.63, 3.8) is 0 Å². The van der Waals surface area contributed by atoms with Gasteiger partial charge in [-0.25, -0.2) is 0 Å². The van der Waals surface area contributed by atoms with Crippen molar-refractivity contribution in [3.05, 3.63) is 0 Å². The highest BCUT2D eigenvalue weighted by Crippen LogP contribution is 2.31. The lowest BCUT2D eigenvalue weighted by molar-refractivity contribution is -0.144. The molecule has 1 N–H and O–H groups in total. The number of nitrogens with one attached hydrogen (secondary N) is 1. The molecule has 0 radical (unpaired) electrons. The third-order valence-corrected chi connectivity index (χ3v) is 3.67. The van der Waals surface area contributed by atoms with Crippen LogP contribution in [0.5, 0.6) is 0 Å². The average molecular weight is 256 g/mol. The fraction of sp³-hybridized carbons (Fsp3) is 0.846. The molecule has 1 amide bonds. The van der Waals surface area contributed by atoms with E-state index in [-0.39, 0.29) is 23.3 Å². The molecule has 0 spiro atoms. The molecule has 1 fully saturated rings. The predicted octanol–water partition coefficient (Wildman–Crippen LogP) is 0.786. The Hall–Kier alpha value is -1.10. The lowest BCUT2D eigenvalue weighted by Gasteiger charge is -2.26. The number of hydrogen-bond donors (Lipinski definition) is 1. The molecule has 0 aromatic heterocycles. The number of carbonyl (C=O) groups is 2. The second-order valence-corrected chi connectivity index (χ2v) is 5.22. The quantitative estimate of drug-likeness (QED) is 0.739. The summed E-state index contributed by atoms with van der Waals surface area (Å²) in [4.78, 5) is 25.4. The first-order chi connectivity index (χ1) is 8.42. The van der Waals surface area contributed by atoms with E-state index in [9.17, 15) is 9.59 Å². The van der Waals surface area contributed by atoms with Crippen LogP contribution in [0, 0.1) is 5.41 Å². The van der Waals surface area contributed by atoms with Gasteiger partial charge in [-0.05, 0) is 33.7 Å². The molecule has 2 unspecified atom stereocenters. The highest BCUT2D eigenvalue weighted by atomic mass is 16.5. The summed E-state index contributed by atoms with van der Waals surface area (Å²) in [6, 6.07) is 0.121. The summed E-state index contributed by atoms with van der Waals surface area (Å²) in [5, 5.41) is 2.71. The first-order valence-electron chi connectivity index (χ1n) is 6.55. The van der Waals surface area contributed by atoms with Crippen molar-refractivity contribution in [2.45, 2.75) is 39.7 Å². The van der Waals surface area contributed by atoms with Gasteiger partial charge in [0.25, 0.3) is 0 Å². The van der Waals surface area contributed by atoms with Crippen molar-refractivity contribution in [3.8, 4) is 0 Å². The lowest BCUT2D eigenvalue weighted by Crippen LogP contribution is -2.41. The number of amides is 1. The van der Waals surface area contributed by atoms with Gasteiger partial charge >= 0.3 is 5.97 Å². The minimum Gasteiger partial charge on any atom is -0.466 e. The Morgan fingerprint density at radius 2 is 2.17 bits per heavy atom. The number of carbonyl (C=O) groups excluding carboxylic acids is 2. The monoisotopic (exact) mass is 256 g/mol. The van der Waals surface area contributed by atoms with Gasteiger partial charge in [-0.3, -0.25) is 14.5 Å². The molecule has 18 heavy (non-hydrogen) atoms. The van der Waals surface area contributed by atoms with Gasteiger partial charge in [0, 0.05) is 19.6 Å². The number of hydrogen-bond acceptors (Lipinski definition) is 4. The molecule has 0 aromatic rings. The molecule has 0 bridgehead atoms. The molecular formula is C13H24N2O3. The van der Waals surface area contributed by atoms with Crippen molar-refractivity contribution in [1.29, 1.82) is 0 Å². The lowest BCUT2D eigenvalue weighted by atomic mass is 9.89. The molecule has 1 saturated heterocycles. The number of rotatable bonds is 5. The zero-order valence-electron chi connectivity index (χ0n) is 11.8. The largest absolute Gasteiger partial charge is 0.466 e.